The fourth-order valence-corrected chi connectivity index (χ4v) is 4.42. The van der Waals surface area contributed by atoms with Crippen molar-refractivity contribution in [2.75, 3.05) is 6.54 Å². The van der Waals surface area contributed by atoms with Crippen molar-refractivity contribution < 1.29 is 19.4 Å². The molecule has 150 valence electrons. The van der Waals surface area contributed by atoms with Gasteiger partial charge in [0.05, 0.1) is 9.48 Å². The number of benzene rings is 2. The number of aromatic nitrogens is 1. The van der Waals surface area contributed by atoms with E-state index in [0.717, 1.165) is 14.5 Å². The minimum Gasteiger partial charge on any atom is -0.476 e. The Morgan fingerprint density at radius 1 is 1.17 bits per heavy atom. The van der Waals surface area contributed by atoms with Gasteiger partial charge in [0.25, 0.3) is 5.91 Å². The summed E-state index contributed by atoms with van der Waals surface area (Å²) in [6, 6.07) is 14.7. The summed E-state index contributed by atoms with van der Waals surface area (Å²) >= 11 is 8.10. The highest BCUT2D eigenvalue weighted by molar-refractivity contribution is 9.11. The van der Waals surface area contributed by atoms with Crippen LogP contribution in [0, 0.1) is 0 Å². The Kier molecular flexibility index (Phi) is 7.40. The average molecular weight is 540 g/mol. The lowest BCUT2D eigenvalue weighted by atomic mass is 10.1. The van der Waals surface area contributed by atoms with Crippen LogP contribution in [0.15, 0.2) is 62.9 Å². The second-order valence-corrected chi connectivity index (χ2v) is 8.67. The second-order valence-electron chi connectivity index (χ2n) is 5.96. The third kappa shape index (κ3) is 5.88. The number of carboxylic acids is 1. The van der Waals surface area contributed by atoms with Crippen LogP contribution >= 0.6 is 43.2 Å². The minimum atomic E-state index is -1.06. The molecule has 1 atom stereocenters. The van der Waals surface area contributed by atoms with Gasteiger partial charge in [-0.15, -0.1) is 11.3 Å². The molecule has 0 bridgehead atoms. The van der Waals surface area contributed by atoms with Crippen LogP contribution < -0.4 is 10.1 Å². The van der Waals surface area contributed by atoms with E-state index in [4.69, 9.17) is 9.84 Å². The predicted octanol–water partition coefficient (Wildman–Crippen LogP) is 4.85. The van der Waals surface area contributed by atoms with E-state index in [1.165, 1.54) is 16.7 Å². The first kappa shape index (κ1) is 21.5. The number of nitrogens with one attached hydrogen (secondary N) is 1. The maximum atomic E-state index is 12.9. The van der Waals surface area contributed by atoms with E-state index in [9.17, 15) is 9.59 Å². The molecule has 2 N–H and O–H groups in total. The van der Waals surface area contributed by atoms with Gasteiger partial charge in [-0.2, -0.15) is 0 Å². The summed E-state index contributed by atoms with van der Waals surface area (Å²) in [7, 11) is 0. The quantitative estimate of drug-likeness (QED) is 0.427. The molecule has 0 spiro atoms. The summed E-state index contributed by atoms with van der Waals surface area (Å²) in [6.45, 7) is 0.319. The maximum absolute atomic E-state index is 12.9. The van der Waals surface area contributed by atoms with Crippen LogP contribution in [-0.4, -0.2) is 28.5 Å². The van der Waals surface area contributed by atoms with E-state index >= 15 is 0 Å². The van der Waals surface area contributed by atoms with Gasteiger partial charge in [-0.05, 0) is 34.1 Å². The zero-order valence-electron chi connectivity index (χ0n) is 15.0. The summed E-state index contributed by atoms with van der Waals surface area (Å²) in [5.41, 5.74) is 0.740. The smallest absolute Gasteiger partial charge is 0.355 e. The number of amides is 1. The summed E-state index contributed by atoms with van der Waals surface area (Å²) in [6.07, 6.45) is -0.396. The number of ether oxygens (including phenoxy) is 1. The number of carboxylic acid groups (broad SMARTS) is 1. The van der Waals surface area contributed by atoms with E-state index in [-0.39, 0.29) is 11.6 Å². The van der Waals surface area contributed by atoms with Crippen molar-refractivity contribution in [2.24, 2.45) is 0 Å². The van der Waals surface area contributed by atoms with Crippen molar-refractivity contribution in [3.8, 4) is 5.75 Å². The summed E-state index contributed by atoms with van der Waals surface area (Å²) < 4.78 is 7.63. The Balaban J connectivity index is 1.69. The average Bonchev–Trinajstić information content (AvgIpc) is 3.17. The summed E-state index contributed by atoms with van der Waals surface area (Å²) in [4.78, 5) is 27.8. The Bertz CT molecular complexity index is 1010. The Morgan fingerprint density at radius 2 is 1.93 bits per heavy atom. The summed E-state index contributed by atoms with van der Waals surface area (Å²) in [5, 5.41) is 13.9. The molecule has 1 heterocycles. The molecule has 6 nitrogen and oxygen atoms in total. The highest BCUT2D eigenvalue weighted by Gasteiger charge is 2.23. The molecule has 0 aliphatic carbocycles. The van der Waals surface area contributed by atoms with Crippen LogP contribution in [0.3, 0.4) is 0 Å². The third-order valence-electron chi connectivity index (χ3n) is 3.89. The Labute approximate surface area is 188 Å². The molecule has 9 heteroatoms. The van der Waals surface area contributed by atoms with E-state index in [0.29, 0.717) is 23.7 Å². The number of hydrogen-bond donors (Lipinski definition) is 2. The van der Waals surface area contributed by atoms with Crippen molar-refractivity contribution in [3.05, 3.63) is 79.1 Å². The molecule has 29 heavy (non-hydrogen) atoms. The first-order chi connectivity index (χ1) is 13.9. The van der Waals surface area contributed by atoms with Crippen molar-refractivity contribution in [3.63, 3.8) is 0 Å². The lowest BCUT2D eigenvalue weighted by Crippen LogP contribution is -2.33. The Hall–Kier alpha value is -2.23. The number of thiazole rings is 1. The molecule has 2 aromatic carbocycles. The first-order valence-electron chi connectivity index (χ1n) is 8.56. The molecule has 0 aliphatic heterocycles. The van der Waals surface area contributed by atoms with Crippen LogP contribution in [0.2, 0.25) is 0 Å². The van der Waals surface area contributed by atoms with Gasteiger partial charge in [-0.3, -0.25) is 4.79 Å². The van der Waals surface area contributed by atoms with E-state index in [2.05, 4.69) is 42.2 Å². The number of carbonyl (C=O) groups excluding carboxylic acids is 1. The highest BCUT2D eigenvalue weighted by Crippen LogP contribution is 2.32. The molecule has 0 aliphatic rings. The number of nitrogens with zero attached hydrogens (tertiary/aromatic N) is 1. The molecule has 3 rings (SSSR count). The zero-order valence-corrected chi connectivity index (χ0v) is 19.0. The normalized spacial score (nSPS) is 11.7. The lowest BCUT2D eigenvalue weighted by molar-refractivity contribution is -0.128. The van der Waals surface area contributed by atoms with Gasteiger partial charge < -0.3 is 15.2 Å². The van der Waals surface area contributed by atoms with Gasteiger partial charge in [0, 0.05) is 28.4 Å². The van der Waals surface area contributed by atoms with Crippen molar-refractivity contribution in [2.45, 2.75) is 12.5 Å². The lowest BCUT2D eigenvalue weighted by Gasteiger charge is -2.20. The van der Waals surface area contributed by atoms with Crippen molar-refractivity contribution in [1.29, 1.82) is 0 Å². The monoisotopic (exact) mass is 538 g/mol. The molecule has 0 fully saturated rings. The number of aromatic carboxylic acids is 1. The largest absolute Gasteiger partial charge is 0.476 e. The van der Waals surface area contributed by atoms with Crippen LogP contribution in [0.4, 0.5) is 0 Å². The van der Waals surface area contributed by atoms with Crippen LogP contribution in [0.5, 0.6) is 5.75 Å². The van der Waals surface area contributed by atoms with Gasteiger partial charge in [0.15, 0.2) is 5.69 Å². The molecule has 0 saturated heterocycles. The molecular weight excluding hydrogens is 524 g/mol. The fourth-order valence-electron chi connectivity index (χ4n) is 2.51. The van der Waals surface area contributed by atoms with Crippen LogP contribution in [0.25, 0.3) is 0 Å². The summed E-state index contributed by atoms with van der Waals surface area (Å²) in [5.74, 6) is -0.807. The third-order valence-corrected chi connectivity index (χ3v) is 5.91. The molecule has 1 unspecified atom stereocenters. The predicted molar refractivity (Wildman–Crippen MR) is 117 cm³/mol. The van der Waals surface area contributed by atoms with E-state index < -0.39 is 12.1 Å². The molecule has 1 aromatic heterocycles. The van der Waals surface area contributed by atoms with Gasteiger partial charge in [0.1, 0.15) is 5.75 Å². The van der Waals surface area contributed by atoms with Gasteiger partial charge in [0.2, 0.25) is 6.10 Å². The minimum absolute atomic E-state index is 0.0157. The van der Waals surface area contributed by atoms with Crippen molar-refractivity contribution >= 4 is 55.1 Å². The second kappa shape index (κ2) is 10.00. The Morgan fingerprint density at radius 3 is 2.59 bits per heavy atom. The fraction of sp³-hybridized carbons (Fsp3) is 0.150. The van der Waals surface area contributed by atoms with Crippen molar-refractivity contribution in [1.82, 2.24) is 10.3 Å². The number of carbonyl (C=O) groups is 2. The molecule has 3 aromatic rings. The maximum Gasteiger partial charge on any atom is 0.355 e. The number of hydrogen-bond acceptors (Lipinski definition) is 5. The zero-order chi connectivity index (χ0) is 20.8. The number of rotatable bonds is 8. The van der Waals surface area contributed by atoms with Gasteiger partial charge >= 0.3 is 5.97 Å². The molecule has 0 radical (unpaired) electrons. The topological polar surface area (TPSA) is 88.5 Å². The van der Waals surface area contributed by atoms with E-state index in [1.54, 1.807) is 6.07 Å². The van der Waals surface area contributed by atoms with Gasteiger partial charge in [-0.25, -0.2) is 9.78 Å². The molecule has 1 amide bonds. The van der Waals surface area contributed by atoms with Gasteiger partial charge in [-0.1, -0.05) is 46.3 Å². The molecular formula is C20H16Br2N2O4S. The first-order valence-corrected chi connectivity index (χ1v) is 11.0. The highest BCUT2D eigenvalue weighted by atomic mass is 79.9. The molecule has 0 saturated carbocycles. The van der Waals surface area contributed by atoms with Crippen LogP contribution in [0.1, 0.15) is 27.2 Å². The van der Waals surface area contributed by atoms with E-state index in [1.807, 2.05) is 42.5 Å². The standard InChI is InChI=1S/C20H16Br2N2O4S/c21-13-6-7-16(14(22)10-13)28-18(12-4-2-1-3-5-12)19(25)23-9-8-17-24-15(11-29-17)20(26)27/h1-7,10-11,18H,8-9H2,(H,23,25)(H,26,27). The van der Waals surface area contributed by atoms with Crippen LogP contribution in [-0.2, 0) is 11.2 Å². The number of halogens is 2. The SMILES string of the molecule is O=C(O)c1csc(CCNC(=O)C(Oc2ccc(Br)cc2Br)c2ccccc2)n1.